The molecule has 1 aromatic heterocycles. The van der Waals surface area contributed by atoms with E-state index in [0.717, 1.165) is 31.8 Å². The van der Waals surface area contributed by atoms with E-state index < -0.39 is 5.82 Å². The number of hydrogen-bond acceptors (Lipinski definition) is 6. The number of ether oxygens (including phenoxy) is 2. The number of benzene rings is 1. The molecule has 10 heteroatoms. The van der Waals surface area contributed by atoms with Crippen LogP contribution < -0.4 is 10.6 Å². The van der Waals surface area contributed by atoms with E-state index in [0.29, 0.717) is 36.2 Å². The van der Waals surface area contributed by atoms with Gasteiger partial charge in [-0.25, -0.2) is 9.07 Å². The van der Waals surface area contributed by atoms with Crippen molar-refractivity contribution in [1.82, 2.24) is 20.1 Å². The fourth-order valence-electron chi connectivity index (χ4n) is 3.09. The van der Waals surface area contributed by atoms with Crippen LogP contribution in [0.15, 0.2) is 18.2 Å². The molecule has 29 heavy (non-hydrogen) atoms. The van der Waals surface area contributed by atoms with E-state index in [9.17, 15) is 9.18 Å². The number of anilines is 1. The van der Waals surface area contributed by atoms with Crippen LogP contribution in [0.3, 0.4) is 0 Å². The molecule has 0 saturated carbocycles. The molecule has 0 bridgehead atoms. The second-order valence-electron chi connectivity index (χ2n) is 6.75. The first kappa shape index (κ1) is 23.2. The maximum atomic E-state index is 14.0. The summed E-state index contributed by atoms with van der Waals surface area (Å²) >= 11 is 0. The van der Waals surface area contributed by atoms with Gasteiger partial charge in [0.1, 0.15) is 5.82 Å². The van der Waals surface area contributed by atoms with Gasteiger partial charge in [-0.05, 0) is 44.1 Å². The summed E-state index contributed by atoms with van der Waals surface area (Å²) in [6, 6.07) is 4.19. The number of aromatic nitrogens is 3. The monoisotopic (exact) mass is 427 g/mol. The molecule has 1 saturated heterocycles. The number of aryl methyl sites for hydroxylation is 1. The quantitative estimate of drug-likeness (QED) is 0.628. The zero-order valence-electron chi connectivity index (χ0n) is 16.6. The standard InChI is InChI=1S/C19H26FN5O3.ClH/c1-25-19(22-17(24-25)13-5-7-21-8-6-13)23-18(26)14-3-4-16(20)15(11-14)12-28-10-9-27-2;/h3-4,11,13,21H,5-10,12H2,1-2H3,(H,22,23,24,26);1H. The summed E-state index contributed by atoms with van der Waals surface area (Å²) in [5.74, 6) is 0.623. The van der Waals surface area contributed by atoms with Crippen LogP contribution in [0, 0.1) is 5.82 Å². The van der Waals surface area contributed by atoms with Crippen LogP contribution in [-0.2, 0) is 23.1 Å². The third-order valence-electron chi connectivity index (χ3n) is 4.71. The number of amides is 1. The molecule has 8 nitrogen and oxygen atoms in total. The van der Waals surface area contributed by atoms with Gasteiger partial charge < -0.3 is 14.8 Å². The minimum absolute atomic E-state index is 0. The smallest absolute Gasteiger partial charge is 0.258 e. The number of nitrogens with zero attached hydrogens (tertiary/aromatic N) is 3. The Kier molecular flexibility index (Phi) is 8.97. The number of halogens is 2. The zero-order valence-corrected chi connectivity index (χ0v) is 17.4. The van der Waals surface area contributed by atoms with Crippen LogP contribution >= 0.6 is 12.4 Å². The van der Waals surface area contributed by atoms with Gasteiger partial charge in [-0.2, -0.15) is 10.1 Å². The second-order valence-corrected chi connectivity index (χ2v) is 6.75. The van der Waals surface area contributed by atoms with Crippen molar-refractivity contribution >= 4 is 24.3 Å². The lowest BCUT2D eigenvalue weighted by molar-refractivity contribution is 0.0604. The molecule has 1 fully saturated rings. The fraction of sp³-hybridized carbons (Fsp3) is 0.526. The Balaban J connectivity index is 0.00000300. The Labute approximate surface area is 175 Å². The van der Waals surface area contributed by atoms with Crippen LogP contribution in [-0.4, -0.2) is 54.1 Å². The Hall–Kier alpha value is -2.07. The van der Waals surface area contributed by atoms with Gasteiger partial charge in [-0.1, -0.05) is 0 Å². The Morgan fingerprint density at radius 1 is 1.34 bits per heavy atom. The normalized spacial score (nSPS) is 14.4. The van der Waals surface area contributed by atoms with E-state index in [4.69, 9.17) is 9.47 Å². The van der Waals surface area contributed by atoms with Crippen LogP contribution in [0.4, 0.5) is 10.3 Å². The van der Waals surface area contributed by atoms with Crippen molar-refractivity contribution < 1.29 is 18.7 Å². The molecule has 2 heterocycles. The topological polar surface area (TPSA) is 90.3 Å². The first-order chi connectivity index (χ1) is 13.6. The molecule has 2 aromatic rings. The number of methoxy groups -OCH3 is 1. The highest BCUT2D eigenvalue weighted by atomic mass is 35.5. The number of hydrogen-bond donors (Lipinski definition) is 2. The van der Waals surface area contributed by atoms with Crippen molar-refractivity contribution in [1.29, 1.82) is 0 Å². The number of nitrogens with one attached hydrogen (secondary N) is 2. The lowest BCUT2D eigenvalue weighted by Crippen LogP contribution is -2.27. The molecule has 2 N–H and O–H groups in total. The second kappa shape index (κ2) is 11.2. The zero-order chi connectivity index (χ0) is 19.9. The molecule has 0 unspecified atom stereocenters. The molecule has 0 atom stereocenters. The summed E-state index contributed by atoms with van der Waals surface area (Å²) < 4.78 is 25.8. The summed E-state index contributed by atoms with van der Waals surface area (Å²) in [6.45, 7) is 2.73. The number of rotatable bonds is 8. The van der Waals surface area contributed by atoms with E-state index in [-0.39, 0.29) is 24.9 Å². The first-order valence-corrected chi connectivity index (χ1v) is 9.36. The van der Waals surface area contributed by atoms with Crippen molar-refractivity contribution in [2.24, 2.45) is 7.05 Å². The summed E-state index contributed by atoms with van der Waals surface area (Å²) in [4.78, 5) is 17.1. The highest BCUT2D eigenvalue weighted by Crippen LogP contribution is 2.23. The van der Waals surface area contributed by atoms with Crippen LogP contribution in [0.2, 0.25) is 0 Å². The lowest BCUT2D eigenvalue weighted by atomic mass is 9.98. The van der Waals surface area contributed by atoms with Gasteiger partial charge in [0.05, 0.1) is 19.8 Å². The van der Waals surface area contributed by atoms with Crippen LogP contribution in [0.5, 0.6) is 0 Å². The highest BCUT2D eigenvalue weighted by molar-refractivity contribution is 6.03. The molecule has 160 valence electrons. The summed E-state index contributed by atoms with van der Waals surface area (Å²) in [5, 5.41) is 10.5. The number of piperidine rings is 1. The van der Waals surface area contributed by atoms with Crippen LogP contribution in [0.1, 0.15) is 40.5 Å². The van der Waals surface area contributed by atoms with Crippen molar-refractivity contribution in [3.05, 3.63) is 41.0 Å². The average molecular weight is 428 g/mol. The first-order valence-electron chi connectivity index (χ1n) is 9.36. The highest BCUT2D eigenvalue weighted by Gasteiger charge is 2.21. The third-order valence-corrected chi connectivity index (χ3v) is 4.71. The Bertz CT molecular complexity index is 811. The predicted molar refractivity (Wildman–Crippen MR) is 109 cm³/mol. The van der Waals surface area contributed by atoms with Gasteiger partial charge in [0.15, 0.2) is 5.82 Å². The maximum Gasteiger partial charge on any atom is 0.258 e. The molecule has 0 radical (unpaired) electrons. The molecule has 1 aliphatic heterocycles. The van der Waals surface area contributed by atoms with Crippen molar-refractivity contribution in [3.8, 4) is 0 Å². The summed E-state index contributed by atoms with van der Waals surface area (Å²) in [5.41, 5.74) is 0.648. The third kappa shape index (κ3) is 6.20. The van der Waals surface area contributed by atoms with E-state index in [2.05, 4.69) is 20.7 Å². The van der Waals surface area contributed by atoms with Crippen molar-refractivity contribution in [2.45, 2.75) is 25.4 Å². The lowest BCUT2D eigenvalue weighted by Gasteiger charge is -2.19. The Morgan fingerprint density at radius 3 is 2.83 bits per heavy atom. The molecule has 1 aliphatic rings. The van der Waals surface area contributed by atoms with Gasteiger partial charge in [0.2, 0.25) is 5.95 Å². The minimum Gasteiger partial charge on any atom is -0.382 e. The molecule has 0 aliphatic carbocycles. The van der Waals surface area contributed by atoms with Gasteiger partial charge in [0.25, 0.3) is 5.91 Å². The molecule has 0 spiro atoms. The van der Waals surface area contributed by atoms with Gasteiger partial charge in [0, 0.05) is 31.2 Å². The maximum absolute atomic E-state index is 14.0. The van der Waals surface area contributed by atoms with Gasteiger partial charge >= 0.3 is 0 Å². The molecule has 1 aromatic carbocycles. The largest absolute Gasteiger partial charge is 0.382 e. The van der Waals surface area contributed by atoms with E-state index in [1.54, 1.807) is 18.8 Å². The van der Waals surface area contributed by atoms with Gasteiger partial charge in [-0.3, -0.25) is 10.1 Å². The minimum atomic E-state index is -0.416. The van der Waals surface area contributed by atoms with E-state index in [1.165, 1.54) is 18.2 Å². The van der Waals surface area contributed by atoms with E-state index >= 15 is 0 Å². The molecular formula is C19H27ClFN5O3. The van der Waals surface area contributed by atoms with Crippen molar-refractivity contribution in [2.75, 3.05) is 38.7 Å². The van der Waals surface area contributed by atoms with Crippen molar-refractivity contribution in [3.63, 3.8) is 0 Å². The summed E-state index contributed by atoms with van der Waals surface area (Å²) in [7, 11) is 3.31. The predicted octanol–water partition coefficient (Wildman–Crippen LogP) is 2.26. The Morgan fingerprint density at radius 2 is 2.10 bits per heavy atom. The van der Waals surface area contributed by atoms with Gasteiger partial charge in [-0.15, -0.1) is 12.4 Å². The van der Waals surface area contributed by atoms with Crippen LogP contribution in [0.25, 0.3) is 0 Å². The number of carbonyl (C=O) groups excluding carboxylic acids is 1. The van der Waals surface area contributed by atoms with E-state index in [1.807, 2.05) is 0 Å². The summed E-state index contributed by atoms with van der Waals surface area (Å²) in [6.07, 6.45) is 1.95. The average Bonchev–Trinajstić information content (AvgIpc) is 3.07. The number of carbonyl (C=O) groups is 1. The fourth-order valence-corrected chi connectivity index (χ4v) is 3.09. The SMILES string of the molecule is COCCOCc1cc(C(=O)Nc2nc(C3CCNCC3)nn2C)ccc1F.Cl. The molecular weight excluding hydrogens is 401 g/mol. The molecule has 1 amide bonds. The molecule has 3 rings (SSSR count).